The molecular formula is C27H31BF2N2O4. The van der Waals surface area contributed by atoms with Crippen LogP contribution in [0.15, 0.2) is 40.1 Å². The third-order valence-corrected chi connectivity index (χ3v) is 8.42. The van der Waals surface area contributed by atoms with Gasteiger partial charge in [-0.15, -0.1) is 0 Å². The Morgan fingerprint density at radius 3 is 2.11 bits per heavy atom. The number of hydrogen-bond acceptors (Lipinski definition) is 4. The Morgan fingerprint density at radius 2 is 1.53 bits per heavy atom. The second-order valence-corrected chi connectivity index (χ2v) is 10.1. The molecule has 190 valence electrons. The zero-order valence-corrected chi connectivity index (χ0v) is 21.6. The van der Waals surface area contributed by atoms with Crippen molar-refractivity contribution in [1.82, 2.24) is 4.48 Å². The molecule has 0 amide bonds. The SMILES string of the molecule is COC(=O)C1=CCCC1C1=C(C)C2=Cc3c(C)c(C4CCC=C4C(=O)OC)c(C)n3[B-](F)(F)[N+]2=C1C. The number of esters is 2. The largest absolute Gasteiger partial charge is 0.737 e. The van der Waals surface area contributed by atoms with Crippen molar-refractivity contribution in [2.75, 3.05) is 14.2 Å². The van der Waals surface area contributed by atoms with Gasteiger partial charge in [0.05, 0.1) is 14.2 Å². The molecule has 2 atom stereocenters. The average Bonchev–Trinajstić information content (AvgIpc) is 3.60. The smallest absolute Gasteiger partial charge is 0.466 e. The number of aromatic nitrogens is 1. The number of allylic oxidation sites excluding steroid dienone is 4. The summed E-state index contributed by atoms with van der Waals surface area (Å²) in [5.41, 5.74) is 6.06. The summed E-state index contributed by atoms with van der Waals surface area (Å²) in [4.78, 5) is 24.8. The lowest BCUT2D eigenvalue weighted by Gasteiger charge is -2.30. The Labute approximate surface area is 209 Å². The Bertz CT molecular complexity index is 1380. The van der Waals surface area contributed by atoms with Gasteiger partial charge < -0.3 is 27.1 Å². The van der Waals surface area contributed by atoms with Crippen LogP contribution >= 0.6 is 0 Å². The van der Waals surface area contributed by atoms with Crippen molar-refractivity contribution in [3.8, 4) is 0 Å². The number of halogens is 2. The van der Waals surface area contributed by atoms with Gasteiger partial charge in [-0.25, -0.2) is 9.59 Å². The van der Waals surface area contributed by atoms with E-state index in [0.29, 0.717) is 59.6 Å². The van der Waals surface area contributed by atoms with E-state index in [1.54, 1.807) is 13.8 Å². The molecule has 0 bridgehead atoms. The highest BCUT2D eigenvalue weighted by Crippen LogP contribution is 2.47. The van der Waals surface area contributed by atoms with Crippen molar-refractivity contribution in [3.05, 3.63) is 62.7 Å². The minimum absolute atomic E-state index is 0.265. The number of carbonyl (C=O) groups is 2. The molecule has 0 fully saturated rings. The second-order valence-electron chi connectivity index (χ2n) is 10.1. The molecule has 3 heterocycles. The number of carbonyl (C=O) groups excluding carboxylic acids is 2. The molecule has 0 saturated heterocycles. The highest BCUT2D eigenvalue weighted by atomic mass is 19.2. The van der Waals surface area contributed by atoms with Crippen LogP contribution in [0.5, 0.6) is 0 Å². The normalized spacial score (nSPS) is 24.4. The summed E-state index contributed by atoms with van der Waals surface area (Å²) in [6.07, 6.45) is 8.34. The predicted molar refractivity (Wildman–Crippen MR) is 134 cm³/mol. The monoisotopic (exact) mass is 496 g/mol. The van der Waals surface area contributed by atoms with Gasteiger partial charge in [0, 0.05) is 52.8 Å². The molecule has 0 saturated carbocycles. The fourth-order valence-corrected chi connectivity index (χ4v) is 6.92. The van der Waals surface area contributed by atoms with Gasteiger partial charge in [-0.3, -0.25) is 0 Å². The molecule has 36 heavy (non-hydrogen) atoms. The van der Waals surface area contributed by atoms with E-state index >= 15 is 8.63 Å². The van der Waals surface area contributed by atoms with E-state index in [1.807, 2.05) is 32.1 Å². The van der Waals surface area contributed by atoms with Crippen LogP contribution in [-0.2, 0) is 19.1 Å². The number of fused-ring (bicyclic) bond motifs is 2. The molecule has 0 aromatic carbocycles. The molecule has 0 radical (unpaired) electrons. The lowest BCUT2D eigenvalue weighted by atomic mass is 9.87. The van der Waals surface area contributed by atoms with Gasteiger partial charge in [0.1, 0.15) is 5.71 Å². The van der Waals surface area contributed by atoms with Crippen LogP contribution in [0.2, 0.25) is 0 Å². The van der Waals surface area contributed by atoms with Gasteiger partial charge in [0.15, 0.2) is 5.70 Å². The molecule has 0 spiro atoms. The highest BCUT2D eigenvalue weighted by molar-refractivity contribution is 6.58. The number of rotatable bonds is 4. The van der Waals surface area contributed by atoms with E-state index in [1.165, 1.54) is 14.2 Å². The first-order valence-electron chi connectivity index (χ1n) is 12.4. The zero-order chi connectivity index (χ0) is 26.1. The summed E-state index contributed by atoms with van der Waals surface area (Å²) in [6.45, 7) is 2.96. The van der Waals surface area contributed by atoms with E-state index < -0.39 is 18.9 Å². The van der Waals surface area contributed by atoms with Crippen molar-refractivity contribution < 1.29 is 32.2 Å². The van der Waals surface area contributed by atoms with Crippen molar-refractivity contribution in [2.45, 2.75) is 59.3 Å². The first-order chi connectivity index (χ1) is 17.1. The van der Waals surface area contributed by atoms with Crippen LogP contribution in [0.1, 0.15) is 68.0 Å². The summed E-state index contributed by atoms with van der Waals surface area (Å²) in [7, 11) is 2.69. The quantitative estimate of drug-likeness (QED) is 0.436. The highest BCUT2D eigenvalue weighted by Gasteiger charge is 2.56. The minimum Gasteiger partial charge on any atom is -0.466 e. The van der Waals surface area contributed by atoms with Gasteiger partial charge in [-0.2, -0.15) is 0 Å². The van der Waals surface area contributed by atoms with Gasteiger partial charge >= 0.3 is 18.9 Å². The molecule has 2 unspecified atom stereocenters. The standard InChI is InChI=1S/C27H31BF2N2O4/c1-14-22-13-23-15(2)25(19-10-8-12-21(19)27(34)36-6)17(4)32(23)28(29,30)31(22)16(3)24(14)18-9-7-11-20(18)26(33)35-5/h11-13,18-19H,7-10H2,1-6H3. The summed E-state index contributed by atoms with van der Waals surface area (Å²) in [5, 5.41) is 0. The number of methoxy groups -OCH3 is 2. The van der Waals surface area contributed by atoms with E-state index in [4.69, 9.17) is 9.47 Å². The summed E-state index contributed by atoms with van der Waals surface area (Å²) < 4.78 is 45.2. The lowest BCUT2D eigenvalue weighted by Crippen LogP contribution is -2.50. The maximum absolute atomic E-state index is 16.5. The summed E-state index contributed by atoms with van der Waals surface area (Å²) >= 11 is 0. The maximum atomic E-state index is 16.5. The number of nitrogens with zero attached hydrogens (tertiary/aromatic N) is 2. The minimum atomic E-state index is -4.20. The molecule has 2 aliphatic carbocycles. The average molecular weight is 496 g/mol. The van der Waals surface area contributed by atoms with Crippen molar-refractivity contribution >= 4 is 30.7 Å². The molecule has 5 rings (SSSR count). The van der Waals surface area contributed by atoms with E-state index in [0.717, 1.165) is 31.2 Å². The van der Waals surface area contributed by atoms with Crippen LogP contribution in [-0.4, -0.2) is 47.8 Å². The number of ether oxygens (including phenoxy) is 2. The third kappa shape index (κ3) is 3.17. The molecule has 4 aliphatic rings. The fraction of sp³-hybridized carbons (Fsp3) is 0.444. The van der Waals surface area contributed by atoms with Gasteiger partial charge in [0.25, 0.3) is 0 Å². The van der Waals surface area contributed by atoms with Gasteiger partial charge in [-0.05, 0) is 63.3 Å². The Hall–Kier alpha value is -3.23. The molecule has 1 aromatic rings. The lowest BCUT2D eigenvalue weighted by molar-refractivity contribution is -0.363. The molecule has 0 N–H and O–H groups in total. The fourth-order valence-electron chi connectivity index (χ4n) is 6.92. The zero-order valence-electron chi connectivity index (χ0n) is 21.6. The van der Waals surface area contributed by atoms with E-state index in [9.17, 15) is 9.59 Å². The molecule has 1 aromatic heterocycles. The first-order valence-corrected chi connectivity index (χ1v) is 12.4. The topological polar surface area (TPSA) is 60.5 Å². The van der Waals surface area contributed by atoms with Gasteiger partial charge in [-0.1, -0.05) is 12.2 Å². The molecular weight excluding hydrogens is 465 g/mol. The van der Waals surface area contributed by atoms with E-state index in [2.05, 4.69) is 0 Å². The van der Waals surface area contributed by atoms with Crippen LogP contribution in [0.25, 0.3) is 6.08 Å². The van der Waals surface area contributed by atoms with Crippen molar-refractivity contribution in [3.63, 3.8) is 0 Å². The van der Waals surface area contributed by atoms with Crippen LogP contribution in [0.4, 0.5) is 8.63 Å². The molecule has 6 nitrogen and oxygen atoms in total. The third-order valence-electron chi connectivity index (χ3n) is 8.42. The Morgan fingerprint density at radius 1 is 0.972 bits per heavy atom. The summed E-state index contributed by atoms with van der Waals surface area (Å²) in [5.74, 6) is -1.34. The van der Waals surface area contributed by atoms with Crippen LogP contribution in [0, 0.1) is 19.8 Å². The first kappa shape index (κ1) is 24.5. The summed E-state index contributed by atoms with van der Waals surface area (Å²) in [6, 6.07) is 0. The Balaban J connectivity index is 1.66. The van der Waals surface area contributed by atoms with Crippen LogP contribution < -0.4 is 0 Å². The van der Waals surface area contributed by atoms with Crippen molar-refractivity contribution in [2.24, 2.45) is 5.92 Å². The molecule has 9 heteroatoms. The van der Waals surface area contributed by atoms with Crippen molar-refractivity contribution in [1.29, 1.82) is 0 Å². The van der Waals surface area contributed by atoms with Gasteiger partial charge in [0.2, 0.25) is 0 Å². The number of hydrogen-bond donors (Lipinski definition) is 0. The molecule has 2 aliphatic heterocycles. The van der Waals surface area contributed by atoms with E-state index in [-0.39, 0.29) is 11.8 Å². The Kier molecular flexibility index (Phi) is 5.72. The predicted octanol–water partition coefficient (Wildman–Crippen LogP) is 4.97. The maximum Gasteiger partial charge on any atom is 0.737 e. The van der Waals surface area contributed by atoms with Crippen LogP contribution in [0.3, 0.4) is 0 Å². The second kappa shape index (κ2) is 8.42.